The molecule has 0 bridgehead atoms. The van der Waals surface area contributed by atoms with Crippen LogP contribution in [0.15, 0.2) is 150 Å². The van der Waals surface area contributed by atoms with Gasteiger partial charge in [-0.25, -0.2) is 0 Å². The van der Waals surface area contributed by atoms with Crippen molar-refractivity contribution >= 4 is 43.5 Å². The zero-order valence-corrected chi connectivity index (χ0v) is 19.9. The summed E-state index contributed by atoms with van der Waals surface area (Å²) in [5.41, 5.74) is -0.758. The summed E-state index contributed by atoms with van der Waals surface area (Å²) in [5.74, 6) is 0. The number of furan rings is 1. The molecule has 7 aromatic carbocycles. The first-order valence-electron chi connectivity index (χ1n) is 20.4. The lowest BCUT2D eigenvalue weighted by atomic mass is 9.85. The topological polar surface area (TPSA) is 13.1 Å². The van der Waals surface area contributed by atoms with Crippen LogP contribution >= 0.6 is 0 Å². The normalized spacial score (nSPS) is 17.7. The largest absolute Gasteiger partial charge is 0.456 e. The summed E-state index contributed by atoms with van der Waals surface area (Å²) in [7, 11) is 0. The van der Waals surface area contributed by atoms with E-state index in [1.54, 1.807) is 0 Å². The van der Waals surface area contributed by atoms with E-state index in [0.29, 0.717) is 0 Å². The Bertz CT molecular complexity index is 3020. The number of para-hydroxylation sites is 1. The predicted molar refractivity (Wildman–Crippen MR) is 165 cm³/mol. The first-order valence-corrected chi connectivity index (χ1v) is 11.9. The highest BCUT2D eigenvalue weighted by Crippen LogP contribution is 2.45. The molecule has 0 atom stereocenters. The van der Waals surface area contributed by atoms with E-state index < -0.39 is 48.3 Å². The first-order chi connectivity index (χ1) is 26.3. The quantitative estimate of drug-likeness (QED) is 0.214. The van der Waals surface area contributed by atoms with Crippen molar-refractivity contribution in [2.45, 2.75) is 0 Å². The molecular weight excluding hydrogens is 472 g/mol. The molecule has 0 aliphatic carbocycles. The van der Waals surface area contributed by atoms with Crippen LogP contribution in [0, 0.1) is 0 Å². The summed E-state index contributed by atoms with van der Waals surface area (Å²) in [4.78, 5) is 0. The molecule has 0 amide bonds. The van der Waals surface area contributed by atoms with Crippen LogP contribution in [0.5, 0.6) is 0 Å². The molecule has 0 aliphatic rings. The van der Waals surface area contributed by atoms with Gasteiger partial charge in [0.15, 0.2) is 0 Å². The summed E-state index contributed by atoms with van der Waals surface area (Å²) in [5, 5.41) is 0.165. The monoisotopic (exact) mass is 513 g/mol. The maximum absolute atomic E-state index is 9.52. The second-order valence-electron chi connectivity index (χ2n) is 8.80. The minimum Gasteiger partial charge on any atom is -0.456 e. The maximum Gasteiger partial charge on any atom is 0.135 e. The molecule has 0 saturated carbocycles. The van der Waals surface area contributed by atoms with E-state index in [9.17, 15) is 4.11 Å². The fourth-order valence-electron chi connectivity index (χ4n) is 4.99. The van der Waals surface area contributed by atoms with Crippen LogP contribution in [0.25, 0.3) is 76.9 Å². The minimum atomic E-state index is -0.608. The highest BCUT2D eigenvalue weighted by molar-refractivity contribution is 6.22. The molecule has 1 heteroatoms. The van der Waals surface area contributed by atoms with Crippen molar-refractivity contribution in [2.75, 3.05) is 0 Å². The van der Waals surface area contributed by atoms with Crippen molar-refractivity contribution in [3.05, 3.63) is 145 Å². The minimum absolute atomic E-state index is 0.00970. The van der Waals surface area contributed by atoms with Crippen LogP contribution in [0.2, 0.25) is 0 Å². The van der Waals surface area contributed by atoms with E-state index >= 15 is 0 Å². The van der Waals surface area contributed by atoms with Gasteiger partial charge in [-0.05, 0) is 79.1 Å². The van der Waals surface area contributed by atoms with Crippen molar-refractivity contribution in [3.8, 4) is 33.4 Å². The Hall–Kier alpha value is -5.14. The highest BCUT2D eigenvalue weighted by Gasteiger charge is 2.18. The van der Waals surface area contributed by atoms with Crippen LogP contribution in [0.4, 0.5) is 0 Å². The van der Waals surface area contributed by atoms with E-state index in [0.717, 1.165) is 0 Å². The lowest BCUT2D eigenvalue weighted by Crippen LogP contribution is -1.91. The van der Waals surface area contributed by atoms with Gasteiger partial charge >= 0.3 is 0 Å². The molecule has 0 spiro atoms. The van der Waals surface area contributed by atoms with Gasteiger partial charge in [-0.1, -0.05) is 121 Å². The molecule has 0 radical (unpaired) electrons. The Morgan fingerprint density at radius 2 is 0.949 bits per heavy atom. The number of fused-ring (bicyclic) bond motifs is 5. The van der Waals surface area contributed by atoms with E-state index in [2.05, 4.69) is 0 Å². The first kappa shape index (κ1) is 10.9. The van der Waals surface area contributed by atoms with Crippen molar-refractivity contribution in [1.29, 1.82) is 0 Å². The van der Waals surface area contributed by atoms with Gasteiger partial charge in [0.2, 0.25) is 0 Å². The fourth-order valence-corrected chi connectivity index (χ4v) is 4.99. The van der Waals surface area contributed by atoms with E-state index in [-0.39, 0.29) is 131 Å². The molecule has 0 aliphatic heterocycles. The molecule has 39 heavy (non-hydrogen) atoms. The Morgan fingerprint density at radius 1 is 0.359 bits per heavy atom. The second kappa shape index (κ2) is 8.72. The van der Waals surface area contributed by atoms with Crippen LogP contribution in [-0.2, 0) is 0 Å². The van der Waals surface area contributed by atoms with Crippen molar-refractivity contribution in [1.82, 2.24) is 0 Å². The van der Waals surface area contributed by atoms with E-state index in [1.165, 1.54) is 42.5 Å². The molecule has 1 nitrogen and oxygen atoms in total. The molecule has 0 saturated heterocycles. The Balaban J connectivity index is 1.60. The third-order valence-electron chi connectivity index (χ3n) is 6.66. The third kappa shape index (κ3) is 3.48. The number of hydrogen-bond donors (Lipinski definition) is 0. The van der Waals surface area contributed by atoms with Crippen molar-refractivity contribution in [3.63, 3.8) is 0 Å². The van der Waals surface area contributed by atoms with E-state index in [4.69, 9.17) is 23.6 Å². The number of rotatable bonds is 3. The molecule has 182 valence electrons. The van der Waals surface area contributed by atoms with Gasteiger partial charge in [0.05, 0.1) is 23.3 Å². The molecular formula is C38H24O. The maximum atomic E-state index is 9.52. The van der Waals surface area contributed by atoms with Crippen LogP contribution in [0.3, 0.4) is 0 Å². The predicted octanol–water partition coefficient (Wildman–Crippen LogP) is 10.9. The standard InChI is InChI=1S/C38H24O/c1-2-11-25(12-3-1)26-13-10-14-27(23-26)37-30-16-4-6-18-32(30)38(33-19-7-5-17-31(33)37)28-21-22-36-34(24-28)29-15-8-9-20-35(29)39-36/h1-24H/i1D,2D,3D,4D,5D,6D,7D,8D,9D,10D,13D,15D,20D,21D,22D,23D,24D. The van der Waals surface area contributed by atoms with Gasteiger partial charge in [-0.3, -0.25) is 0 Å². The lowest BCUT2D eigenvalue weighted by molar-refractivity contribution is 0.669. The number of benzene rings is 7. The van der Waals surface area contributed by atoms with Crippen LogP contribution < -0.4 is 0 Å². The Morgan fingerprint density at radius 3 is 1.67 bits per heavy atom. The summed E-state index contributed by atoms with van der Waals surface area (Å²) < 4.78 is 153. The molecule has 0 fully saturated rings. The van der Waals surface area contributed by atoms with E-state index in [1.807, 2.05) is 0 Å². The summed E-state index contributed by atoms with van der Waals surface area (Å²) in [6, 6.07) is 1.73. The number of hydrogen-bond acceptors (Lipinski definition) is 1. The highest BCUT2D eigenvalue weighted by atomic mass is 16.3. The molecule has 8 rings (SSSR count). The van der Waals surface area contributed by atoms with Crippen LogP contribution in [0.1, 0.15) is 23.3 Å². The van der Waals surface area contributed by atoms with Gasteiger partial charge in [0.25, 0.3) is 0 Å². The molecule has 1 heterocycles. The van der Waals surface area contributed by atoms with Gasteiger partial charge in [0.1, 0.15) is 11.2 Å². The van der Waals surface area contributed by atoms with Crippen molar-refractivity contribution < 1.29 is 27.7 Å². The lowest BCUT2D eigenvalue weighted by Gasteiger charge is -2.18. The molecule has 1 aromatic heterocycles. The van der Waals surface area contributed by atoms with Gasteiger partial charge in [0, 0.05) is 10.8 Å². The zero-order valence-electron chi connectivity index (χ0n) is 36.9. The zero-order chi connectivity index (χ0) is 40.6. The van der Waals surface area contributed by atoms with Crippen LogP contribution in [-0.4, -0.2) is 0 Å². The average molecular weight is 514 g/mol. The Kier molecular flexibility index (Phi) is 2.44. The summed E-state index contributed by atoms with van der Waals surface area (Å²) >= 11 is 0. The van der Waals surface area contributed by atoms with Crippen molar-refractivity contribution in [2.24, 2.45) is 0 Å². The Labute approximate surface area is 250 Å². The molecule has 0 N–H and O–H groups in total. The summed E-state index contributed by atoms with van der Waals surface area (Å²) in [6.07, 6.45) is 0. The summed E-state index contributed by atoms with van der Waals surface area (Å²) in [6.45, 7) is 0. The fraction of sp³-hybridized carbons (Fsp3) is 0. The van der Waals surface area contributed by atoms with Gasteiger partial charge in [-0.2, -0.15) is 0 Å². The van der Waals surface area contributed by atoms with Gasteiger partial charge < -0.3 is 4.42 Å². The average Bonchev–Trinajstić information content (AvgIpc) is 3.56. The molecule has 0 unspecified atom stereocenters. The SMILES string of the molecule is [2H]c1cc2c(-c3cc([2H])c([2H])c(-c4cc([2H])c([2H])c([2H])c4)c3[2H])c3cc([2H])c([2H])cc3c(-c3c([2H])c([2H])c4oc5c([2H])c([2H])c([2H])c([2H])c5c4c3[2H])c2cc1[2H]. The third-order valence-corrected chi connectivity index (χ3v) is 6.66. The van der Waals surface area contributed by atoms with Gasteiger partial charge in [-0.15, -0.1) is 0 Å². The smallest absolute Gasteiger partial charge is 0.135 e. The molecule has 8 aromatic rings. The second-order valence-corrected chi connectivity index (χ2v) is 8.80.